The van der Waals surface area contributed by atoms with E-state index in [1.54, 1.807) is 11.3 Å². The summed E-state index contributed by atoms with van der Waals surface area (Å²) >= 11 is 3.00. The minimum absolute atomic E-state index is 0.117. The molecule has 5 aromatic rings. The highest BCUT2D eigenvalue weighted by atomic mass is 32.1. The zero-order valence-corrected chi connectivity index (χ0v) is 16.3. The van der Waals surface area contributed by atoms with Gasteiger partial charge in [-0.1, -0.05) is 19.9 Å². The van der Waals surface area contributed by atoms with Crippen molar-refractivity contribution in [3.8, 4) is 0 Å². The van der Waals surface area contributed by atoms with Crippen LogP contribution in [0, 0.1) is 5.92 Å². The number of nitrogens with zero attached hydrogens (tertiary/aromatic N) is 5. The molecule has 0 saturated heterocycles. The Kier molecular flexibility index (Phi) is 3.73. The highest BCUT2D eigenvalue weighted by Gasteiger charge is 2.25. The number of carbonyl (C=O) groups is 1. The summed E-state index contributed by atoms with van der Waals surface area (Å²) in [5.74, 6) is 0.779. The minimum Gasteiger partial charge on any atom is -0.341 e. The molecule has 0 aliphatic carbocycles. The van der Waals surface area contributed by atoms with Gasteiger partial charge in [-0.25, -0.2) is 4.98 Å². The predicted octanol–water partition coefficient (Wildman–Crippen LogP) is 3.78. The van der Waals surface area contributed by atoms with Gasteiger partial charge in [-0.2, -0.15) is 0 Å². The summed E-state index contributed by atoms with van der Waals surface area (Å²) in [6, 6.07) is 7.41. The molecule has 0 aromatic carbocycles. The summed E-state index contributed by atoms with van der Waals surface area (Å²) in [7, 11) is 0. The molecule has 0 fully saturated rings. The molecule has 0 radical (unpaired) electrons. The lowest BCUT2D eigenvalue weighted by Gasteiger charge is -2.20. The van der Waals surface area contributed by atoms with Crippen LogP contribution < -0.4 is 5.32 Å². The quantitative estimate of drug-likeness (QED) is 0.502. The van der Waals surface area contributed by atoms with Gasteiger partial charge in [0.2, 0.25) is 0 Å². The van der Waals surface area contributed by atoms with Crippen molar-refractivity contribution >= 4 is 49.5 Å². The standard InChI is InChI=1S/C18H16N6OS2/c1-10(2)14(15-22-21-13-5-3-4-6-24(13)15)19-16(25)12-9-11-17(27-12)20-18-23(11)7-8-26-18/h3-10,14H,1-2H3,(H,19,25)/t14-/m1/s1. The van der Waals surface area contributed by atoms with Crippen LogP contribution in [0.5, 0.6) is 0 Å². The SMILES string of the molecule is CC(C)[C@@H](NC(=O)c1cc2c(nc3sccn32)s1)c1nnc2ccccn12. The van der Waals surface area contributed by atoms with Crippen LogP contribution in [-0.4, -0.2) is 29.9 Å². The number of thiophene rings is 1. The maximum atomic E-state index is 12.9. The van der Waals surface area contributed by atoms with Crippen LogP contribution in [-0.2, 0) is 0 Å². The normalized spacial score (nSPS) is 13.1. The molecule has 136 valence electrons. The molecule has 5 heterocycles. The van der Waals surface area contributed by atoms with Crippen molar-refractivity contribution in [2.45, 2.75) is 19.9 Å². The summed E-state index contributed by atoms with van der Waals surface area (Å²) in [5.41, 5.74) is 1.73. The average Bonchev–Trinajstić information content (AvgIpc) is 3.39. The monoisotopic (exact) mass is 396 g/mol. The Labute approximate surface area is 162 Å². The fourth-order valence-corrected chi connectivity index (χ4v) is 4.88. The third kappa shape index (κ3) is 2.62. The maximum Gasteiger partial charge on any atom is 0.262 e. The molecule has 27 heavy (non-hydrogen) atoms. The van der Waals surface area contributed by atoms with Crippen molar-refractivity contribution in [3.05, 3.63) is 52.7 Å². The second kappa shape index (κ2) is 6.14. The van der Waals surface area contributed by atoms with E-state index in [4.69, 9.17) is 0 Å². The average molecular weight is 397 g/mol. The zero-order valence-electron chi connectivity index (χ0n) is 14.7. The number of carbonyl (C=O) groups excluding carboxylic acids is 1. The van der Waals surface area contributed by atoms with Crippen LogP contribution in [0.15, 0.2) is 42.0 Å². The second-order valence-corrected chi connectivity index (χ2v) is 8.55. The van der Waals surface area contributed by atoms with Gasteiger partial charge in [0.25, 0.3) is 5.91 Å². The van der Waals surface area contributed by atoms with E-state index in [1.807, 2.05) is 50.8 Å². The van der Waals surface area contributed by atoms with E-state index in [2.05, 4.69) is 34.3 Å². The topological polar surface area (TPSA) is 76.6 Å². The summed E-state index contributed by atoms with van der Waals surface area (Å²) in [5, 5.41) is 13.6. The van der Waals surface area contributed by atoms with Gasteiger partial charge in [0.1, 0.15) is 4.83 Å². The Morgan fingerprint density at radius 3 is 2.93 bits per heavy atom. The Balaban J connectivity index is 1.49. The number of thiazole rings is 1. The Bertz CT molecular complexity index is 1280. The van der Waals surface area contributed by atoms with Crippen LogP contribution in [0.4, 0.5) is 0 Å². The highest BCUT2D eigenvalue weighted by molar-refractivity contribution is 7.21. The molecule has 0 bridgehead atoms. The molecule has 1 amide bonds. The lowest BCUT2D eigenvalue weighted by atomic mass is 10.0. The molecular formula is C18H16N6OS2. The van der Waals surface area contributed by atoms with Gasteiger partial charge in [-0.15, -0.1) is 32.9 Å². The highest BCUT2D eigenvalue weighted by Crippen LogP contribution is 2.29. The molecule has 1 N–H and O–H groups in total. The first-order valence-electron chi connectivity index (χ1n) is 8.57. The largest absolute Gasteiger partial charge is 0.341 e. The van der Waals surface area contributed by atoms with Gasteiger partial charge in [-0.05, 0) is 24.1 Å². The van der Waals surface area contributed by atoms with Crippen molar-refractivity contribution in [3.63, 3.8) is 0 Å². The Hall–Kier alpha value is -2.78. The van der Waals surface area contributed by atoms with Crippen molar-refractivity contribution in [1.82, 2.24) is 29.3 Å². The van der Waals surface area contributed by atoms with E-state index in [1.165, 1.54) is 11.3 Å². The fourth-order valence-electron chi connectivity index (χ4n) is 3.17. The number of pyridine rings is 1. The number of rotatable bonds is 4. The van der Waals surface area contributed by atoms with Crippen molar-refractivity contribution in [1.29, 1.82) is 0 Å². The van der Waals surface area contributed by atoms with Gasteiger partial charge in [0.15, 0.2) is 16.4 Å². The summed E-state index contributed by atoms with van der Waals surface area (Å²) in [6.45, 7) is 4.12. The molecule has 5 aromatic heterocycles. The van der Waals surface area contributed by atoms with E-state index in [9.17, 15) is 4.79 Å². The van der Waals surface area contributed by atoms with E-state index < -0.39 is 0 Å². The molecular weight excluding hydrogens is 380 g/mol. The maximum absolute atomic E-state index is 12.9. The van der Waals surface area contributed by atoms with Gasteiger partial charge in [0.05, 0.1) is 16.4 Å². The predicted molar refractivity (Wildman–Crippen MR) is 106 cm³/mol. The van der Waals surface area contributed by atoms with Crippen molar-refractivity contribution in [2.24, 2.45) is 5.92 Å². The third-order valence-electron chi connectivity index (χ3n) is 4.54. The molecule has 0 saturated carbocycles. The molecule has 0 spiro atoms. The molecule has 0 aliphatic heterocycles. The number of aromatic nitrogens is 5. The molecule has 1 atom stereocenters. The van der Waals surface area contributed by atoms with Crippen LogP contribution in [0.3, 0.4) is 0 Å². The van der Waals surface area contributed by atoms with Crippen molar-refractivity contribution < 1.29 is 4.79 Å². The van der Waals surface area contributed by atoms with Gasteiger partial charge in [0, 0.05) is 17.8 Å². The molecule has 9 heteroatoms. The van der Waals surface area contributed by atoms with Gasteiger partial charge < -0.3 is 5.32 Å². The van der Waals surface area contributed by atoms with E-state index in [-0.39, 0.29) is 17.9 Å². The first kappa shape index (κ1) is 16.4. The number of hydrogen-bond acceptors (Lipinski definition) is 6. The van der Waals surface area contributed by atoms with Crippen LogP contribution in [0.25, 0.3) is 21.0 Å². The first-order chi connectivity index (χ1) is 13.1. The van der Waals surface area contributed by atoms with E-state index >= 15 is 0 Å². The molecule has 5 rings (SSSR count). The smallest absolute Gasteiger partial charge is 0.262 e. The number of imidazole rings is 1. The minimum atomic E-state index is -0.242. The van der Waals surface area contributed by atoms with Crippen LogP contribution >= 0.6 is 22.7 Å². The number of hydrogen-bond donors (Lipinski definition) is 1. The zero-order chi connectivity index (χ0) is 18.5. The van der Waals surface area contributed by atoms with Gasteiger partial charge in [-0.3, -0.25) is 13.6 Å². The van der Waals surface area contributed by atoms with Gasteiger partial charge >= 0.3 is 0 Å². The summed E-state index contributed by atoms with van der Waals surface area (Å²) < 4.78 is 3.93. The number of amides is 1. The Morgan fingerprint density at radius 1 is 1.19 bits per heavy atom. The third-order valence-corrected chi connectivity index (χ3v) is 6.31. The summed E-state index contributed by atoms with van der Waals surface area (Å²) in [4.78, 5) is 20.0. The molecule has 0 aliphatic rings. The second-order valence-electron chi connectivity index (χ2n) is 6.65. The molecule has 7 nitrogen and oxygen atoms in total. The first-order valence-corrected chi connectivity index (χ1v) is 10.3. The lowest BCUT2D eigenvalue weighted by Crippen LogP contribution is -2.32. The molecule has 0 unspecified atom stereocenters. The van der Waals surface area contributed by atoms with E-state index in [0.717, 1.165) is 26.8 Å². The van der Waals surface area contributed by atoms with Crippen molar-refractivity contribution in [2.75, 3.05) is 0 Å². The number of nitrogens with one attached hydrogen (secondary N) is 1. The lowest BCUT2D eigenvalue weighted by molar-refractivity contribution is 0.0927. The van der Waals surface area contributed by atoms with E-state index in [0.29, 0.717) is 4.88 Å². The number of fused-ring (bicyclic) bond motifs is 4. The summed E-state index contributed by atoms with van der Waals surface area (Å²) in [6.07, 6.45) is 3.89. The fraction of sp³-hybridized carbons (Fsp3) is 0.222. The van der Waals surface area contributed by atoms with Crippen LogP contribution in [0.2, 0.25) is 0 Å². The Morgan fingerprint density at radius 2 is 2.07 bits per heavy atom. The van der Waals surface area contributed by atoms with Crippen LogP contribution in [0.1, 0.15) is 35.4 Å².